The van der Waals surface area contributed by atoms with Gasteiger partial charge in [0.15, 0.2) is 0 Å². The molecule has 22 heavy (non-hydrogen) atoms. The first kappa shape index (κ1) is 19.8. The van der Waals surface area contributed by atoms with Gasteiger partial charge in [-0.1, -0.05) is 0 Å². The van der Waals surface area contributed by atoms with Crippen molar-refractivity contribution in [3.8, 4) is 0 Å². The van der Waals surface area contributed by atoms with Gasteiger partial charge in [-0.2, -0.15) is 0 Å². The van der Waals surface area contributed by atoms with Gasteiger partial charge in [0.25, 0.3) is 0 Å². The van der Waals surface area contributed by atoms with Crippen LogP contribution in [0.5, 0.6) is 0 Å². The van der Waals surface area contributed by atoms with Gasteiger partial charge in [0.2, 0.25) is 0 Å². The molecule has 0 amide bonds. The molecular formula is C17H36N2O3. The zero-order valence-electron chi connectivity index (χ0n) is 15.2. The molecule has 1 fully saturated rings. The van der Waals surface area contributed by atoms with Crippen molar-refractivity contribution in [2.45, 2.75) is 51.7 Å². The van der Waals surface area contributed by atoms with Crippen LogP contribution in [-0.4, -0.2) is 75.8 Å². The molecule has 0 spiro atoms. The third-order valence-corrected chi connectivity index (χ3v) is 4.18. The predicted molar refractivity (Wildman–Crippen MR) is 90.5 cm³/mol. The second-order valence-electron chi connectivity index (χ2n) is 7.27. The van der Waals surface area contributed by atoms with Crippen molar-refractivity contribution in [1.82, 2.24) is 10.2 Å². The lowest BCUT2D eigenvalue weighted by atomic mass is 9.94. The van der Waals surface area contributed by atoms with E-state index >= 15 is 0 Å². The first-order chi connectivity index (χ1) is 10.3. The molecular weight excluding hydrogens is 280 g/mol. The second-order valence-corrected chi connectivity index (χ2v) is 7.27. The Bertz CT molecular complexity index is 290. The van der Waals surface area contributed by atoms with Crippen molar-refractivity contribution in [1.29, 1.82) is 0 Å². The molecule has 1 N–H and O–H groups in total. The van der Waals surface area contributed by atoms with Crippen LogP contribution >= 0.6 is 0 Å². The lowest BCUT2D eigenvalue weighted by Crippen LogP contribution is -2.40. The average Bonchev–Trinajstić information content (AvgIpc) is 2.47. The van der Waals surface area contributed by atoms with Crippen molar-refractivity contribution in [3.63, 3.8) is 0 Å². The van der Waals surface area contributed by atoms with Crippen LogP contribution in [0.4, 0.5) is 0 Å². The van der Waals surface area contributed by atoms with Crippen LogP contribution in [-0.2, 0) is 14.2 Å². The van der Waals surface area contributed by atoms with Crippen LogP contribution < -0.4 is 5.32 Å². The van der Waals surface area contributed by atoms with E-state index in [2.05, 4.69) is 37.9 Å². The highest BCUT2D eigenvalue weighted by atomic mass is 16.5. The summed E-state index contributed by atoms with van der Waals surface area (Å²) in [7, 11) is 1.95. The van der Waals surface area contributed by atoms with E-state index in [0.29, 0.717) is 0 Å². The normalized spacial score (nSPS) is 17.9. The quantitative estimate of drug-likeness (QED) is 0.590. The van der Waals surface area contributed by atoms with Gasteiger partial charge in [-0.25, -0.2) is 0 Å². The van der Waals surface area contributed by atoms with Crippen LogP contribution in [0.2, 0.25) is 0 Å². The molecule has 0 aliphatic carbocycles. The molecule has 0 saturated carbocycles. The molecule has 5 heteroatoms. The fourth-order valence-electron chi connectivity index (χ4n) is 2.45. The molecule has 0 bridgehead atoms. The number of nitrogens with one attached hydrogen (secondary N) is 1. The smallest absolute Gasteiger partial charge is 0.0628 e. The fraction of sp³-hybridized carbons (Fsp3) is 1.00. The van der Waals surface area contributed by atoms with E-state index < -0.39 is 0 Å². The Balaban J connectivity index is 2.18. The third-order valence-electron chi connectivity index (χ3n) is 4.18. The van der Waals surface area contributed by atoms with Gasteiger partial charge in [0, 0.05) is 26.2 Å². The Kier molecular flexibility index (Phi) is 8.87. The lowest BCUT2D eigenvalue weighted by Gasteiger charge is -2.33. The molecule has 0 aromatic heterocycles. The Labute approximate surface area is 136 Å². The van der Waals surface area contributed by atoms with Crippen molar-refractivity contribution < 1.29 is 14.2 Å². The number of ether oxygens (including phenoxy) is 3. The zero-order valence-corrected chi connectivity index (χ0v) is 15.2. The molecule has 0 unspecified atom stereocenters. The first-order valence-electron chi connectivity index (χ1n) is 8.57. The molecule has 132 valence electrons. The number of hydrogen-bond donors (Lipinski definition) is 1. The van der Waals surface area contributed by atoms with E-state index in [1.807, 2.05) is 7.05 Å². The van der Waals surface area contributed by atoms with E-state index in [1.54, 1.807) is 0 Å². The summed E-state index contributed by atoms with van der Waals surface area (Å²) in [5.74, 6) is 0. The highest BCUT2D eigenvalue weighted by Crippen LogP contribution is 2.24. The summed E-state index contributed by atoms with van der Waals surface area (Å²) in [6.07, 6.45) is 2.00. The van der Waals surface area contributed by atoms with Crippen LogP contribution in [0.3, 0.4) is 0 Å². The Morgan fingerprint density at radius 3 is 2.05 bits per heavy atom. The summed E-state index contributed by atoms with van der Waals surface area (Å²) in [6, 6.07) is 0. The number of morpholine rings is 1. The zero-order chi connectivity index (χ0) is 16.5. The van der Waals surface area contributed by atoms with E-state index in [4.69, 9.17) is 14.2 Å². The van der Waals surface area contributed by atoms with E-state index in [1.165, 1.54) is 0 Å². The highest BCUT2D eigenvalue weighted by Gasteiger charge is 2.25. The minimum absolute atomic E-state index is 0.0955. The van der Waals surface area contributed by atoms with Crippen molar-refractivity contribution in [2.75, 3.05) is 59.7 Å². The van der Waals surface area contributed by atoms with Crippen molar-refractivity contribution >= 4 is 0 Å². The number of likely N-dealkylation sites (N-methyl/N-ethyl adjacent to an activating group) is 1. The van der Waals surface area contributed by atoms with Gasteiger partial charge in [0.05, 0.1) is 37.6 Å². The van der Waals surface area contributed by atoms with Gasteiger partial charge >= 0.3 is 0 Å². The summed E-state index contributed by atoms with van der Waals surface area (Å²) in [5, 5.41) is 3.11. The topological polar surface area (TPSA) is 43.0 Å². The van der Waals surface area contributed by atoms with Gasteiger partial charge in [0.1, 0.15) is 0 Å². The van der Waals surface area contributed by atoms with Crippen LogP contribution in [0, 0.1) is 0 Å². The van der Waals surface area contributed by atoms with E-state index in [-0.39, 0.29) is 11.2 Å². The summed E-state index contributed by atoms with van der Waals surface area (Å²) < 4.78 is 17.4. The Morgan fingerprint density at radius 1 is 0.955 bits per heavy atom. The van der Waals surface area contributed by atoms with E-state index in [9.17, 15) is 0 Å². The molecule has 1 heterocycles. The molecule has 1 aliphatic rings. The maximum Gasteiger partial charge on any atom is 0.0628 e. The Hall–Kier alpha value is -0.200. The summed E-state index contributed by atoms with van der Waals surface area (Å²) in [6.45, 7) is 15.8. The number of nitrogens with zero attached hydrogens (tertiary/aromatic N) is 1. The Morgan fingerprint density at radius 2 is 1.50 bits per heavy atom. The number of hydrogen-bond acceptors (Lipinski definition) is 5. The van der Waals surface area contributed by atoms with Crippen molar-refractivity contribution in [2.24, 2.45) is 0 Å². The summed E-state index contributed by atoms with van der Waals surface area (Å²) in [5.41, 5.74) is -0.197. The molecule has 1 saturated heterocycles. The standard InChI is InChI=1S/C17H36N2O3/c1-16(2,21-12-8-18-5)6-7-17(3,4)22-15-11-19-9-13-20-14-10-19/h18H,6-15H2,1-5H3. The maximum atomic E-state index is 6.10. The summed E-state index contributed by atoms with van der Waals surface area (Å²) >= 11 is 0. The van der Waals surface area contributed by atoms with Crippen LogP contribution in [0.1, 0.15) is 40.5 Å². The second kappa shape index (κ2) is 9.83. The summed E-state index contributed by atoms with van der Waals surface area (Å²) in [4.78, 5) is 2.41. The van der Waals surface area contributed by atoms with Gasteiger partial charge in [-0.3, -0.25) is 4.90 Å². The molecule has 0 aromatic rings. The minimum Gasteiger partial charge on any atom is -0.379 e. The first-order valence-corrected chi connectivity index (χ1v) is 8.57. The largest absolute Gasteiger partial charge is 0.379 e. The SMILES string of the molecule is CNCCOC(C)(C)CCC(C)(C)OCCN1CCOCC1. The maximum absolute atomic E-state index is 6.10. The minimum atomic E-state index is -0.101. The lowest BCUT2D eigenvalue weighted by molar-refractivity contribution is -0.0698. The van der Waals surface area contributed by atoms with Crippen molar-refractivity contribution in [3.05, 3.63) is 0 Å². The van der Waals surface area contributed by atoms with E-state index in [0.717, 1.165) is 65.4 Å². The van der Waals surface area contributed by atoms with Crippen LogP contribution in [0.25, 0.3) is 0 Å². The molecule has 0 radical (unpaired) electrons. The van der Waals surface area contributed by atoms with Gasteiger partial charge in [-0.15, -0.1) is 0 Å². The molecule has 0 atom stereocenters. The number of rotatable bonds is 11. The van der Waals surface area contributed by atoms with Crippen LogP contribution in [0.15, 0.2) is 0 Å². The third kappa shape index (κ3) is 9.06. The highest BCUT2D eigenvalue weighted by molar-refractivity contribution is 4.77. The monoisotopic (exact) mass is 316 g/mol. The average molecular weight is 316 g/mol. The molecule has 0 aromatic carbocycles. The predicted octanol–water partition coefficient (Wildman–Crippen LogP) is 1.91. The molecule has 5 nitrogen and oxygen atoms in total. The fourth-order valence-corrected chi connectivity index (χ4v) is 2.45. The van der Waals surface area contributed by atoms with Gasteiger partial charge in [-0.05, 0) is 47.6 Å². The molecule has 1 rings (SSSR count). The molecule has 1 aliphatic heterocycles. The van der Waals surface area contributed by atoms with Gasteiger partial charge < -0.3 is 19.5 Å².